The van der Waals surface area contributed by atoms with Gasteiger partial charge >= 0.3 is 0 Å². The normalized spacial score (nSPS) is 14.7. The third kappa shape index (κ3) is 6.38. The van der Waals surface area contributed by atoms with Crippen LogP contribution in [0.4, 0.5) is 5.69 Å². The van der Waals surface area contributed by atoms with Gasteiger partial charge in [0.25, 0.3) is 0 Å². The molecule has 0 radical (unpaired) electrons. The molecule has 6 heteroatoms. The minimum atomic E-state index is 0.0892. The number of aldehydes is 1. The first-order chi connectivity index (χ1) is 19.4. The molecular weight excluding hydrogens is 496 g/mol. The first-order valence-corrected chi connectivity index (χ1v) is 14.9. The summed E-state index contributed by atoms with van der Waals surface area (Å²) in [6.07, 6.45) is 9.58. The Morgan fingerprint density at radius 1 is 0.975 bits per heavy atom. The van der Waals surface area contributed by atoms with Crippen LogP contribution in [0.25, 0.3) is 22.8 Å². The smallest absolute Gasteiger partial charge is 0.250 e. The molecule has 0 bridgehead atoms. The topological polar surface area (TPSA) is 65.0 Å². The maximum atomic E-state index is 13.5. The summed E-state index contributed by atoms with van der Waals surface area (Å²) in [5.41, 5.74) is 9.07. The summed E-state index contributed by atoms with van der Waals surface area (Å²) >= 11 is 0. The number of amides is 1. The summed E-state index contributed by atoms with van der Waals surface area (Å²) in [5.74, 6) is 0.867. The van der Waals surface area contributed by atoms with E-state index < -0.39 is 0 Å². The van der Waals surface area contributed by atoms with Crippen LogP contribution in [0.3, 0.4) is 0 Å². The van der Waals surface area contributed by atoms with E-state index >= 15 is 0 Å². The van der Waals surface area contributed by atoms with E-state index in [1.54, 1.807) is 0 Å². The Hall–Kier alpha value is -3.67. The third-order valence-electron chi connectivity index (χ3n) is 7.86. The Bertz CT molecular complexity index is 1330. The largest absolute Gasteiger partial charge is 0.378 e. The van der Waals surface area contributed by atoms with Gasteiger partial charge in [0.15, 0.2) is 6.29 Å². The van der Waals surface area contributed by atoms with Gasteiger partial charge in [0.1, 0.15) is 5.84 Å². The van der Waals surface area contributed by atoms with Crippen LogP contribution in [-0.2, 0) is 4.79 Å². The second-order valence-corrected chi connectivity index (χ2v) is 10.8. The highest BCUT2D eigenvalue weighted by Crippen LogP contribution is 2.39. The average Bonchev–Trinajstić information content (AvgIpc) is 3.38. The van der Waals surface area contributed by atoms with Crippen molar-refractivity contribution < 1.29 is 9.59 Å². The summed E-state index contributed by atoms with van der Waals surface area (Å²) in [6.45, 7) is 8.94. The van der Waals surface area contributed by atoms with E-state index in [0.29, 0.717) is 6.42 Å². The van der Waals surface area contributed by atoms with Gasteiger partial charge in [-0.3, -0.25) is 9.59 Å². The number of carbonyl (C=O) groups is 2. The van der Waals surface area contributed by atoms with Crippen LogP contribution in [0.1, 0.15) is 87.2 Å². The minimum Gasteiger partial charge on any atom is -0.378 e. The number of allylic oxidation sites excluding steroid dienone is 2. The standard InChI is InChI=1S/C34H44N4O2/c1-6-16-37(5)32-11-9-10-29(32)30-20-24(13-15-27(30)23-39)25-12-14-26-19-28(22-33(35-4)36-31(26)21-25)34(40)38(17-7-2)18-8-3/h12-15,19-21,23H,6-11,16-18,22H2,1-5H3,(H,35,36). The van der Waals surface area contributed by atoms with E-state index in [4.69, 9.17) is 4.99 Å². The monoisotopic (exact) mass is 540 g/mol. The fraction of sp³-hybridized carbons (Fsp3) is 0.441. The number of amidine groups is 1. The molecule has 0 saturated carbocycles. The summed E-state index contributed by atoms with van der Waals surface area (Å²) in [6, 6.07) is 12.4. The van der Waals surface area contributed by atoms with Crippen molar-refractivity contribution in [2.45, 2.75) is 65.7 Å². The van der Waals surface area contributed by atoms with Gasteiger partial charge in [-0.1, -0.05) is 45.0 Å². The van der Waals surface area contributed by atoms with Gasteiger partial charge in [-0.2, -0.15) is 0 Å². The number of hydrogen-bond acceptors (Lipinski definition) is 5. The number of benzene rings is 2. The molecule has 1 amide bonds. The van der Waals surface area contributed by atoms with Crippen molar-refractivity contribution in [2.75, 3.05) is 33.7 Å². The van der Waals surface area contributed by atoms with Crippen LogP contribution in [0.2, 0.25) is 0 Å². The Kier molecular flexibility index (Phi) is 9.97. The molecule has 0 unspecified atom stereocenters. The lowest BCUT2D eigenvalue weighted by Gasteiger charge is -2.23. The molecule has 2 aromatic carbocycles. The Labute approximate surface area is 239 Å². The van der Waals surface area contributed by atoms with Crippen molar-refractivity contribution in [1.82, 2.24) is 15.1 Å². The first-order valence-electron chi connectivity index (χ1n) is 14.9. The predicted molar refractivity (Wildman–Crippen MR) is 167 cm³/mol. The summed E-state index contributed by atoms with van der Waals surface area (Å²) in [5, 5.41) is 3.21. The van der Waals surface area contributed by atoms with Gasteiger partial charge in [-0.25, -0.2) is 4.99 Å². The van der Waals surface area contributed by atoms with Crippen LogP contribution < -0.4 is 5.32 Å². The lowest BCUT2D eigenvalue weighted by Crippen LogP contribution is -2.34. The van der Waals surface area contributed by atoms with E-state index in [1.807, 2.05) is 30.2 Å². The Morgan fingerprint density at radius 2 is 1.68 bits per heavy atom. The molecule has 2 aliphatic rings. The lowest BCUT2D eigenvalue weighted by atomic mass is 9.93. The third-order valence-corrected chi connectivity index (χ3v) is 7.86. The molecule has 6 nitrogen and oxygen atoms in total. The van der Waals surface area contributed by atoms with Crippen molar-refractivity contribution in [1.29, 1.82) is 0 Å². The van der Waals surface area contributed by atoms with Gasteiger partial charge in [-0.05, 0) is 79.0 Å². The minimum absolute atomic E-state index is 0.0892. The van der Waals surface area contributed by atoms with Crippen molar-refractivity contribution in [3.63, 3.8) is 0 Å². The van der Waals surface area contributed by atoms with Crippen molar-refractivity contribution in [3.8, 4) is 11.1 Å². The van der Waals surface area contributed by atoms with Gasteiger partial charge in [0, 0.05) is 62.5 Å². The molecule has 0 atom stereocenters. The summed E-state index contributed by atoms with van der Waals surface area (Å²) in [4.78, 5) is 34.8. The van der Waals surface area contributed by atoms with E-state index in [-0.39, 0.29) is 5.91 Å². The maximum Gasteiger partial charge on any atom is 0.250 e. The number of hydrogen-bond donors (Lipinski definition) is 1. The van der Waals surface area contributed by atoms with E-state index in [2.05, 4.69) is 62.3 Å². The van der Waals surface area contributed by atoms with Gasteiger partial charge in [0.2, 0.25) is 5.91 Å². The maximum absolute atomic E-state index is 13.5. The van der Waals surface area contributed by atoms with E-state index in [0.717, 1.165) is 109 Å². The van der Waals surface area contributed by atoms with Crippen LogP contribution >= 0.6 is 0 Å². The molecule has 1 aliphatic carbocycles. The molecular formula is C34H44N4O2. The molecule has 1 heterocycles. The highest BCUT2D eigenvalue weighted by molar-refractivity contribution is 6.06. The number of nitrogens with one attached hydrogen (secondary N) is 1. The highest BCUT2D eigenvalue weighted by atomic mass is 16.2. The molecule has 0 fully saturated rings. The van der Waals surface area contributed by atoms with Crippen molar-refractivity contribution >= 4 is 35.4 Å². The fourth-order valence-electron chi connectivity index (χ4n) is 5.90. The Balaban J connectivity index is 1.75. The Morgan fingerprint density at radius 3 is 2.35 bits per heavy atom. The summed E-state index contributed by atoms with van der Waals surface area (Å²) < 4.78 is 0. The fourth-order valence-corrected chi connectivity index (χ4v) is 5.90. The molecule has 212 valence electrons. The average molecular weight is 541 g/mol. The number of aliphatic imine (C=N–C) groups is 1. The zero-order valence-corrected chi connectivity index (χ0v) is 24.8. The van der Waals surface area contributed by atoms with Crippen molar-refractivity contribution in [3.05, 3.63) is 64.4 Å². The van der Waals surface area contributed by atoms with Crippen LogP contribution in [0, 0.1) is 0 Å². The van der Waals surface area contributed by atoms with Gasteiger partial charge < -0.3 is 15.1 Å². The molecule has 0 spiro atoms. The number of nitrogens with zero attached hydrogens (tertiary/aromatic N) is 3. The number of fused-ring (bicyclic) bond motifs is 1. The van der Waals surface area contributed by atoms with Crippen LogP contribution in [0.15, 0.2) is 52.7 Å². The molecule has 2 aromatic rings. The molecule has 1 aliphatic heterocycles. The van der Waals surface area contributed by atoms with Crippen LogP contribution in [-0.4, -0.2) is 61.6 Å². The van der Waals surface area contributed by atoms with Crippen LogP contribution in [0.5, 0.6) is 0 Å². The quantitative estimate of drug-likeness (QED) is 0.309. The van der Waals surface area contributed by atoms with Crippen molar-refractivity contribution in [2.24, 2.45) is 4.99 Å². The lowest BCUT2D eigenvalue weighted by molar-refractivity contribution is -0.127. The first kappa shape index (κ1) is 29.3. The molecule has 0 saturated heterocycles. The molecule has 0 aromatic heterocycles. The summed E-state index contributed by atoms with van der Waals surface area (Å²) in [7, 11) is 4.02. The van der Waals surface area contributed by atoms with Gasteiger partial charge in [-0.15, -0.1) is 0 Å². The van der Waals surface area contributed by atoms with E-state index in [1.165, 1.54) is 11.3 Å². The number of rotatable bonds is 11. The molecule has 1 N–H and O–H groups in total. The predicted octanol–water partition coefficient (Wildman–Crippen LogP) is 7.09. The molecule has 4 rings (SSSR count). The SMILES string of the molecule is CCCN(C)C1=C(c2cc(-c3ccc4c(c3)N=C(NC)CC(C(=O)N(CCC)CCC)=C4)ccc2C=O)CCC1. The molecule has 40 heavy (non-hydrogen) atoms. The zero-order chi connectivity index (χ0) is 28.6. The van der Waals surface area contributed by atoms with E-state index in [9.17, 15) is 9.59 Å². The van der Waals surface area contributed by atoms with Gasteiger partial charge in [0.05, 0.1) is 5.69 Å². The second-order valence-electron chi connectivity index (χ2n) is 10.8. The zero-order valence-electron chi connectivity index (χ0n) is 24.8. The second kappa shape index (κ2) is 13.6. The highest BCUT2D eigenvalue weighted by Gasteiger charge is 2.23. The number of carbonyl (C=O) groups excluding carboxylic acids is 2.